The van der Waals surface area contributed by atoms with Gasteiger partial charge in [0.1, 0.15) is 30.7 Å². The predicted octanol–water partition coefficient (Wildman–Crippen LogP) is 6.28. The zero-order chi connectivity index (χ0) is 59.1. The molecule has 0 fully saturated rings. The number of alkyl carbamates (subject to hydrolysis) is 1. The molecule has 430 valence electrons. The zero-order valence-electron chi connectivity index (χ0n) is 46.6. The van der Waals surface area contributed by atoms with Crippen molar-refractivity contribution in [1.29, 1.82) is 0 Å². The zero-order valence-corrected chi connectivity index (χ0v) is 46.6. The number of hydrogen-bond acceptors (Lipinski definition) is 14. The van der Waals surface area contributed by atoms with Crippen LogP contribution < -0.4 is 26.8 Å². The van der Waals surface area contributed by atoms with Gasteiger partial charge in [-0.25, -0.2) is 19.0 Å². The van der Waals surface area contributed by atoms with Crippen LogP contribution in [0.3, 0.4) is 0 Å². The number of amides is 4. The monoisotopic (exact) mass is 1130 g/mol. The summed E-state index contributed by atoms with van der Waals surface area (Å²) in [6.07, 6.45) is -1.83. The van der Waals surface area contributed by atoms with Crippen molar-refractivity contribution in [1.82, 2.24) is 30.8 Å². The fourth-order valence-corrected chi connectivity index (χ4v) is 11.8. The Bertz CT molecular complexity index is 3690. The molecule has 2 aromatic heterocycles. The van der Waals surface area contributed by atoms with Crippen LogP contribution in [0.2, 0.25) is 0 Å². The lowest BCUT2D eigenvalue weighted by Crippen LogP contribution is -2.44. The average Bonchev–Trinajstić information content (AvgIpc) is 2.13. The molecule has 19 nitrogen and oxygen atoms in total. The molecule has 5 N–H and O–H groups in total. The number of aliphatic hydroxyl groups is 1. The molecule has 0 unspecified atom stereocenters. The SMILES string of the molecule is Cc1c(F)cc2nc3c(c4c2c1CC[C@@H]4NC(=O)CNC(=O)[C@@H](CC(=O)CNC(=O)CCC(=O)[C@H](CC(=O)OC(C)(C)C)NC(=O)OCC1c2ccccc2-c2ccccc21)Cc1ccccc1)Cn1c-3cc2c(c1=O)COC(=O)[C@@]2(C)O. The number of pyridine rings is 2. The third kappa shape index (κ3) is 11.9. The number of nitrogens with one attached hydrogen (secondary N) is 4. The number of esters is 2. The summed E-state index contributed by atoms with van der Waals surface area (Å²) in [6.45, 7) is 6.54. The van der Waals surface area contributed by atoms with Crippen molar-refractivity contribution in [2.45, 2.75) is 122 Å². The third-order valence-corrected chi connectivity index (χ3v) is 15.8. The highest BCUT2D eigenvalue weighted by Gasteiger charge is 2.44. The van der Waals surface area contributed by atoms with Crippen molar-refractivity contribution < 1.29 is 62.1 Å². The first-order valence-electron chi connectivity index (χ1n) is 27.6. The molecule has 4 aromatic carbocycles. The van der Waals surface area contributed by atoms with Gasteiger partial charge in [0.25, 0.3) is 5.56 Å². The summed E-state index contributed by atoms with van der Waals surface area (Å²) in [5.74, 6) is -6.44. The Kier molecular flexibility index (Phi) is 16.0. The molecule has 2 aliphatic heterocycles. The van der Waals surface area contributed by atoms with Gasteiger partial charge in [-0.15, -0.1) is 0 Å². The van der Waals surface area contributed by atoms with Crippen molar-refractivity contribution >= 4 is 58.2 Å². The van der Waals surface area contributed by atoms with Crippen LogP contribution in [0.25, 0.3) is 33.4 Å². The number of nitrogens with zero attached hydrogens (tertiary/aromatic N) is 2. The predicted molar refractivity (Wildman–Crippen MR) is 300 cm³/mol. The molecule has 0 saturated carbocycles. The molecule has 4 amide bonds. The van der Waals surface area contributed by atoms with E-state index < -0.39 is 120 Å². The number of Topliss-reactive ketones (excluding diaryl/α,β-unsaturated/α-hetero) is 2. The molecule has 83 heavy (non-hydrogen) atoms. The summed E-state index contributed by atoms with van der Waals surface area (Å²) in [6, 6.07) is 25.3. The molecule has 10 rings (SSSR count). The molecule has 4 aliphatic rings. The Morgan fingerprint density at radius 2 is 1.54 bits per heavy atom. The number of fused-ring (bicyclic) bond motifs is 8. The molecule has 0 saturated heterocycles. The minimum atomic E-state index is -2.11. The van der Waals surface area contributed by atoms with Crippen LogP contribution >= 0.6 is 0 Å². The third-order valence-electron chi connectivity index (χ3n) is 15.8. The van der Waals surface area contributed by atoms with Crippen molar-refractivity contribution in [2.75, 3.05) is 19.7 Å². The van der Waals surface area contributed by atoms with Gasteiger partial charge in [-0.3, -0.25) is 33.6 Å². The van der Waals surface area contributed by atoms with Gasteiger partial charge in [0.2, 0.25) is 17.7 Å². The summed E-state index contributed by atoms with van der Waals surface area (Å²) < 4.78 is 33.2. The van der Waals surface area contributed by atoms with Gasteiger partial charge < -0.3 is 45.2 Å². The summed E-state index contributed by atoms with van der Waals surface area (Å²) in [5, 5.41) is 22.5. The van der Waals surface area contributed by atoms with Gasteiger partial charge in [-0.1, -0.05) is 78.9 Å². The highest BCUT2D eigenvalue weighted by atomic mass is 19.1. The van der Waals surface area contributed by atoms with Crippen LogP contribution in [0.15, 0.2) is 95.8 Å². The lowest BCUT2D eigenvalue weighted by molar-refractivity contribution is -0.169. The molecule has 2 aliphatic carbocycles. The van der Waals surface area contributed by atoms with Gasteiger partial charge in [-0.05, 0) is 104 Å². The van der Waals surface area contributed by atoms with Crippen molar-refractivity contribution in [3.05, 3.63) is 157 Å². The van der Waals surface area contributed by atoms with E-state index in [1.807, 2.05) is 48.5 Å². The Labute approximate surface area is 476 Å². The molecule has 0 spiro atoms. The molecule has 6 aromatic rings. The van der Waals surface area contributed by atoms with E-state index in [4.69, 9.17) is 19.2 Å². The van der Waals surface area contributed by atoms with Gasteiger partial charge in [0, 0.05) is 53.7 Å². The Hall–Kier alpha value is -8.91. The van der Waals surface area contributed by atoms with E-state index in [2.05, 4.69) is 21.3 Å². The minimum Gasteiger partial charge on any atom is -0.460 e. The number of benzene rings is 4. The highest BCUT2D eigenvalue weighted by Crippen LogP contribution is 2.47. The lowest BCUT2D eigenvalue weighted by Gasteiger charge is -2.30. The maximum absolute atomic E-state index is 15.5. The topological polar surface area (TPSA) is 267 Å². The fraction of sp³-hybridized carbons (Fsp3) is 0.365. The minimum absolute atomic E-state index is 0.0252. The highest BCUT2D eigenvalue weighted by molar-refractivity contribution is 5.97. The number of cyclic esters (lactones) is 1. The second-order valence-corrected chi connectivity index (χ2v) is 22.7. The number of hydrogen-bond donors (Lipinski definition) is 5. The van der Waals surface area contributed by atoms with E-state index in [1.54, 1.807) is 58.0 Å². The number of carbonyl (C=O) groups is 8. The number of aromatic nitrogens is 2. The molecule has 4 atom stereocenters. The molecular formula is C63H63FN6O13. The summed E-state index contributed by atoms with van der Waals surface area (Å²) in [5.41, 5.74) is 4.69. The largest absolute Gasteiger partial charge is 0.460 e. The Morgan fingerprint density at radius 3 is 2.24 bits per heavy atom. The van der Waals surface area contributed by atoms with E-state index in [9.17, 15) is 48.3 Å². The number of ether oxygens (including phenoxy) is 3. The number of halogens is 1. The molecule has 20 heteroatoms. The first-order valence-corrected chi connectivity index (χ1v) is 27.6. The quantitative estimate of drug-likeness (QED) is 0.0441. The van der Waals surface area contributed by atoms with Crippen LogP contribution in [0.5, 0.6) is 0 Å². The molecular weight excluding hydrogens is 1070 g/mol. The van der Waals surface area contributed by atoms with E-state index in [1.165, 1.54) is 23.6 Å². The van der Waals surface area contributed by atoms with Gasteiger partial charge in [-0.2, -0.15) is 0 Å². The van der Waals surface area contributed by atoms with E-state index in [-0.39, 0.29) is 55.2 Å². The second-order valence-electron chi connectivity index (χ2n) is 22.7. The summed E-state index contributed by atoms with van der Waals surface area (Å²) >= 11 is 0. The van der Waals surface area contributed by atoms with Gasteiger partial charge in [0.15, 0.2) is 17.2 Å². The van der Waals surface area contributed by atoms with E-state index in [0.29, 0.717) is 51.9 Å². The van der Waals surface area contributed by atoms with Crippen molar-refractivity contribution in [3.8, 4) is 22.5 Å². The van der Waals surface area contributed by atoms with Gasteiger partial charge in [0.05, 0.1) is 54.6 Å². The van der Waals surface area contributed by atoms with Crippen LogP contribution in [-0.2, 0) is 79.4 Å². The Balaban J connectivity index is 0.766. The maximum Gasteiger partial charge on any atom is 0.407 e. The van der Waals surface area contributed by atoms with E-state index >= 15 is 4.39 Å². The van der Waals surface area contributed by atoms with Crippen LogP contribution in [-0.4, -0.2) is 93.3 Å². The number of ketones is 2. The summed E-state index contributed by atoms with van der Waals surface area (Å²) in [7, 11) is 0. The summed E-state index contributed by atoms with van der Waals surface area (Å²) in [4.78, 5) is 126. The van der Waals surface area contributed by atoms with Crippen LogP contribution in [0.1, 0.15) is 122 Å². The van der Waals surface area contributed by atoms with Crippen molar-refractivity contribution in [2.24, 2.45) is 5.92 Å². The van der Waals surface area contributed by atoms with Crippen LogP contribution in [0, 0.1) is 18.7 Å². The van der Waals surface area contributed by atoms with Gasteiger partial charge >= 0.3 is 18.0 Å². The fourth-order valence-electron chi connectivity index (χ4n) is 11.8. The van der Waals surface area contributed by atoms with Crippen molar-refractivity contribution in [3.63, 3.8) is 0 Å². The molecule has 4 heterocycles. The molecule has 0 radical (unpaired) electrons. The number of rotatable bonds is 19. The molecule has 0 bridgehead atoms. The smallest absolute Gasteiger partial charge is 0.407 e. The average molecular weight is 1130 g/mol. The lowest BCUT2D eigenvalue weighted by atomic mass is 9.81. The normalized spacial score (nSPS) is 17.1. The number of carbonyl (C=O) groups excluding carboxylic acids is 8. The number of aryl methyl sites for hydroxylation is 1. The van der Waals surface area contributed by atoms with E-state index in [0.717, 1.165) is 27.8 Å². The standard InChI is InChI=1S/C63H63FN6O13/c1-33-37-19-20-47(56-42-30-70-50(57(42)68-49(55(37)56)26-46(33)64)25-45-44(59(70)77)32-81-60(78)63(45,5)80)67-53(74)29-66-58(76)35(23-34-13-7-6-8-14-34)24-36(71)28-65-52(73)22-21-51(72)48(27-54(75)83-62(2,3)4)69-61(79)82-31-43-40-17-11-9-15-38(40)39-16-10-12-18-41(39)43/h6-18,25-26,35,43,47-48,80H,19-24,27-32H2,1-5H3,(H,65,73)(H,66,76)(H,67,74)(H,69,79)/t35-,47+,48+,63+/m1/s1. The van der Waals surface area contributed by atoms with Crippen LogP contribution in [0.4, 0.5) is 9.18 Å². The first kappa shape index (κ1) is 57.3. The maximum atomic E-state index is 15.5. The first-order chi connectivity index (χ1) is 39.6. The second kappa shape index (κ2) is 23.2. The Morgan fingerprint density at radius 1 is 0.855 bits per heavy atom.